The highest BCUT2D eigenvalue weighted by molar-refractivity contribution is 5.80. The summed E-state index contributed by atoms with van der Waals surface area (Å²) in [4.78, 5) is 7.00. The molecule has 0 radical (unpaired) electrons. The number of hydrogen-bond acceptors (Lipinski definition) is 2. The third-order valence-corrected chi connectivity index (χ3v) is 3.38. The lowest BCUT2D eigenvalue weighted by Gasteiger charge is -2.32. The van der Waals surface area contributed by atoms with E-state index in [9.17, 15) is 0 Å². The van der Waals surface area contributed by atoms with E-state index in [1.54, 1.807) is 6.26 Å². The van der Waals surface area contributed by atoms with E-state index in [-0.39, 0.29) is 0 Å². The van der Waals surface area contributed by atoms with Crippen LogP contribution in [0, 0.1) is 5.92 Å². The van der Waals surface area contributed by atoms with Crippen LogP contribution in [-0.4, -0.2) is 30.5 Å². The standard InChI is InChI=1S/C14H23N3O/c1-3-15-14(16-11-13-5-4-10-18-13)17-8-6-12(2)7-9-17/h4-5,10,12H,3,6-9,11H2,1-2H3,(H,15,16). The summed E-state index contributed by atoms with van der Waals surface area (Å²) < 4.78 is 5.31. The minimum absolute atomic E-state index is 0.612. The molecular formula is C14H23N3O. The molecule has 0 amide bonds. The van der Waals surface area contributed by atoms with E-state index in [0.717, 1.165) is 37.3 Å². The van der Waals surface area contributed by atoms with Gasteiger partial charge in [0, 0.05) is 19.6 Å². The molecule has 0 bridgehead atoms. The van der Waals surface area contributed by atoms with Crippen molar-refractivity contribution in [2.24, 2.45) is 10.9 Å². The van der Waals surface area contributed by atoms with Crippen molar-refractivity contribution in [2.75, 3.05) is 19.6 Å². The summed E-state index contributed by atoms with van der Waals surface area (Å²) in [6.07, 6.45) is 4.21. The second-order valence-electron chi connectivity index (χ2n) is 4.92. The highest BCUT2D eigenvalue weighted by atomic mass is 16.3. The van der Waals surface area contributed by atoms with E-state index in [1.165, 1.54) is 12.8 Å². The molecule has 1 aromatic rings. The third kappa shape index (κ3) is 3.52. The van der Waals surface area contributed by atoms with E-state index >= 15 is 0 Å². The minimum Gasteiger partial charge on any atom is -0.467 e. The maximum Gasteiger partial charge on any atom is 0.194 e. The van der Waals surface area contributed by atoms with Gasteiger partial charge in [0.05, 0.1) is 6.26 Å². The molecule has 18 heavy (non-hydrogen) atoms. The molecule has 1 N–H and O–H groups in total. The molecule has 1 aliphatic rings. The van der Waals surface area contributed by atoms with Gasteiger partial charge in [-0.2, -0.15) is 0 Å². The quantitative estimate of drug-likeness (QED) is 0.661. The average Bonchev–Trinajstić information content (AvgIpc) is 2.89. The van der Waals surface area contributed by atoms with Crippen LogP contribution in [0.25, 0.3) is 0 Å². The van der Waals surface area contributed by atoms with Crippen molar-refractivity contribution in [3.63, 3.8) is 0 Å². The van der Waals surface area contributed by atoms with E-state index < -0.39 is 0 Å². The van der Waals surface area contributed by atoms with Gasteiger partial charge < -0.3 is 14.6 Å². The fourth-order valence-electron chi connectivity index (χ4n) is 2.20. The summed E-state index contributed by atoms with van der Waals surface area (Å²) in [6.45, 7) is 8.15. The van der Waals surface area contributed by atoms with Crippen LogP contribution < -0.4 is 5.32 Å². The van der Waals surface area contributed by atoms with Gasteiger partial charge in [-0.25, -0.2) is 4.99 Å². The van der Waals surface area contributed by atoms with Crippen LogP contribution in [0.1, 0.15) is 32.4 Å². The van der Waals surface area contributed by atoms with E-state index in [1.807, 2.05) is 12.1 Å². The van der Waals surface area contributed by atoms with Gasteiger partial charge in [-0.05, 0) is 37.8 Å². The zero-order valence-electron chi connectivity index (χ0n) is 11.4. The summed E-state index contributed by atoms with van der Waals surface area (Å²) in [7, 11) is 0. The van der Waals surface area contributed by atoms with Gasteiger partial charge in [0.2, 0.25) is 0 Å². The molecule has 2 rings (SSSR count). The topological polar surface area (TPSA) is 40.8 Å². The molecule has 0 saturated carbocycles. The Hall–Kier alpha value is -1.45. The van der Waals surface area contributed by atoms with Gasteiger partial charge in [0.15, 0.2) is 5.96 Å². The summed E-state index contributed by atoms with van der Waals surface area (Å²) in [5.41, 5.74) is 0. The maximum atomic E-state index is 5.31. The van der Waals surface area contributed by atoms with Crippen molar-refractivity contribution in [3.8, 4) is 0 Å². The van der Waals surface area contributed by atoms with Gasteiger partial charge >= 0.3 is 0 Å². The van der Waals surface area contributed by atoms with E-state index in [2.05, 4.69) is 29.1 Å². The number of likely N-dealkylation sites (tertiary alicyclic amines) is 1. The van der Waals surface area contributed by atoms with E-state index in [0.29, 0.717) is 6.54 Å². The molecular weight excluding hydrogens is 226 g/mol. The molecule has 4 nitrogen and oxygen atoms in total. The summed E-state index contributed by atoms with van der Waals surface area (Å²) in [5, 5.41) is 3.36. The van der Waals surface area contributed by atoms with Crippen LogP contribution in [0.2, 0.25) is 0 Å². The van der Waals surface area contributed by atoms with Crippen LogP contribution in [0.15, 0.2) is 27.8 Å². The molecule has 2 heterocycles. The first-order chi connectivity index (χ1) is 8.79. The van der Waals surface area contributed by atoms with E-state index in [4.69, 9.17) is 4.42 Å². The fraction of sp³-hybridized carbons (Fsp3) is 0.643. The first-order valence-electron chi connectivity index (χ1n) is 6.85. The molecule has 1 fully saturated rings. The first kappa shape index (κ1) is 13.0. The van der Waals surface area contributed by atoms with Gasteiger partial charge in [0.1, 0.15) is 12.3 Å². The molecule has 1 saturated heterocycles. The second-order valence-corrected chi connectivity index (χ2v) is 4.92. The SMILES string of the molecule is CCNC(=NCc1ccco1)N1CCC(C)CC1. The number of guanidine groups is 1. The third-order valence-electron chi connectivity index (χ3n) is 3.38. The van der Waals surface area contributed by atoms with Gasteiger partial charge in [0.25, 0.3) is 0 Å². The smallest absolute Gasteiger partial charge is 0.194 e. The molecule has 0 atom stereocenters. The van der Waals surface area contributed by atoms with Crippen molar-refractivity contribution in [1.29, 1.82) is 0 Å². The minimum atomic E-state index is 0.612. The van der Waals surface area contributed by atoms with Gasteiger partial charge in [-0.3, -0.25) is 0 Å². The predicted octanol–water partition coefficient (Wildman–Crippen LogP) is 2.48. The zero-order chi connectivity index (χ0) is 12.8. The lowest BCUT2D eigenvalue weighted by molar-refractivity contribution is 0.273. The Morgan fingerprint density at radius 1 is 1.50 bits per heavy atom. The number of furan rings is 1. The number of nitrogens with zero attached hydrogens (tertiary/aromatic N) is 2. The van der Waals surface area contributed by atoms with Crippen molar-refractivity contribution in [2.45, 2.75) is 33.2 Å². The molecule has 0 aromatic carbocycles. The number of piperidine rings is 1. The summed E-state index contributed by atoms with van der Waals surface area (Å²) >= 11 is 0. The lowest BCUT2D eigenvalue weighted by atomic mass is 10.00. The van der Waals surface area contributed by atoms with Crippen LogP contribution in [0.3, 0.4) is 0 Å². The Morgan fingerprint density at radius 3 is 2.89 bits per heavy atom. The second kappa shape index (κ2) is 6.47. The lowest BCUT2D eigenvalue weighted by Crippen LogP contribution is -2.45. The van der Waals surface area contributed by atoms with Crippen molar-refractivity contribution < 1.29 is 4.42 Å². The highest BCUT2D eigenvalue weighted by Crippen LogP contribution is 2.16. The molecule has 0 aliphatic carbocycles. The highest BCUT2D eigenvalue weighted by Gasteiger charge is 2.18. The van der Waals surface area contributed by atoms with Crippen LogP contribution in [0.4, 0.5) is 0 Å². The molecule has 0 unspecified atom stereocenters. The van der Waals surface area contributed by atoms with Crippen molar-refractivity contribution in [1.82, 2.24) is 10.2 Å². The van der Waals surface area contributed by atoms with Crippen LogP contribution in [0.5, 0.6) is 0 Å². The Labute approximate surface area is 109 Å². The average molecular weight is 249 g/mol. The monoisotopic (exact) mass is 249 g/mol. The molecule has 1 aliphatic heterocycles. The van der Waals surface area contributed by atoms with Gasteiger partial charge in [-0.1, -0.05) is 6.92 Å². The first-order valence-corrected chi connectivity index (χ1v) is 6.85. The zero-order valence-corrected chi connectivity index (χ0v) is 11.4. The number of nitrogens with one attached hydrogen (secondary N) is 1. The molecule has 4 heteroatoms. The summed E-state index contributed by atoms with van der Waals surface area (Å²) in [5.74, 6) is 2.77. The normalized spacial score (nSPS) is 18.1. The number of aliphatic imine (C=N–C) groups is 1. The largest absolute Gasteiger partial charge is 0.467 e. The maximum absolute atomic E-state index is 5.31. The summed E-state index contributed by atoms with van der Waals surface area (Å²) in [6, 6.07) is 3.87. The Kier molecular flexibility index (Phi) is 4.67. The van der Waals surface area contributed by atoms with Crippen LogP contribution >= 0.6 is 0 Å². The fourth-order valence-corrected chi connectivity index (χ4v) is 2.20. The molecule has 1 aromatic heterocycles. The Balaban J connectivity index is 1.96. The van der Waals surface area contributed by atoms with Crippen molar-refractivity contribution >= 4 is 5.96 Å². The van der Waals surface area contributed by atoms with Crippen molar-refractivity contribution in [3.05, 3.63) is 24.2 Å². The number of hydrogen-bond donors (Lipinski definition) is 1. The molecule has 0 spiro atoms. The molecule has 100 valence electrons. The predicted molar refractivity (Wildman–Crippen MR) is 73.5 cm³/mol. The Bertz CT molecular complexity index is 364. The van der Waals surface area contributed by atoms with Crippen LogP contribution in [-0.2, 0) is 6.54 Å². The van der Waals surface area contributed by atoms with Gasteiger partial charge in [-0.15, -0.1) is 0 Å². The number of rotatable bonds is 3. The Morgan fingerprint density at radius 2 is 2.28 bits per heavy atom.